The summed E-state index contributed by atoms with van der Waals surface area (Å²) in [5.74, 6) is 0.933. The molecule has 1 amide bonds. The van der Waals surface area contributed by atoms with Crippen LogP contribution in [0.25, 0.3) is 11.0 Å². The van der Waals surface area contributed by atoms with E-state index in [9.17, 15) is 18.0 Å². The minimum atomic E-state index is -4.50. The van der Waals surface area contributed by atoms with Crippen LogP contribution in [0.1, 0.15) is 46.5 Å². The van der Waals surface area contributed by atoms with Gasteiger partial charge in [0.2, 0.25) is 5.91 Å². The second-order valence-corrected chi connectivity index (χ2v) is 11.8. The van der Waals surface area contributed by atoms with Gasteiger partial charge in [0.05, 0.1) is 29.3 Å². The zero-order chi connectivity index (χ0) is 30.3. The first-order chi connectivity index (χ1) is 20.5. The molecular weight excluding hydrogens is 557 g/mol. The second kappa shape index (κ2) is 11.6. The smallest absolute Gasteiger partial charge is 0.416 e. The van der Waals surface area contributed by atoms with Gasteiger partial charge in [0, 0.05) is 63.6 Å². The average molecular weight is 593 g/mol. The van der Waals surface area contributed by atoms with Crippen molar-refractivity contribution in [1.29, 1.82) is 0 Å². The Morgan fingerprint density at radius 3 is 2.65 bits per heavy atom. The highest BCUT2D eigenvalue weighted by atomic mass is 19.4. The standard InChI is InChI=1S/C32H35F3N6O2/c1-20-17-41(19-24-15-25(16-37-30(20)24)43-28-6-7-36-31-26(28)12-21(2)38-31)29(42)14-22-4-5-23(27(13-22)32(33,34)35)18-40-10-8-39(3)9-11-40/h4-7,12-13,15-16,20H,8-11,14,17-19H2,1-3H3,(H,36,38)/t20-/m1/s1. The Hall–Kier alpha value is -3.96. The molecule has 2 aliphatic heterocycles. The molecule has 6 rings (SSSR count). The number of nitrogens with zero attached hydrogens (tertiary/aromatic N) is 5. The van der Waals surface area contributed by atoms with E-state index in [-0.39, 0.29) is 30.4 Å². The van der Waals surface area contributed by atoms with E-state index in [1.807, 2.05) is 37.9 Å². The maximum Gasteiger partial charge on any atom is 0.416 e. The lowest BCUT2D eigenvalue weighted by atomic mass is 9.95. The molecule has 2 aliphatic rings. The fraction of sp³-hybridized carbons (Fsp3) is 0.406. The first-order valence-corrected chi connectivity index (χ1v) is 14.5. The summed E-state index contributed by atoms with van der Waals surface area (Å²) in [6.45, 7) is 8.05. The number of hydrogen-bond acceptors (Lipinski definition) is 6. The van der Waals surface area contributed by atoms with Crippen LogP contribution in [0.2, 0.25) is 0 Å². The molecule has 0 aliphatic carbocycles. The van der Waals surface area contributed by atoms with Crippen LogP contribution in [0.4, 0.5) is 13.2 Å². The van der Waals surface area contributed by atoms with E-state index in [4.69, 9.17) is 4.74 Å². The highest BCUT2D eigenvalue weighted by Gasteiger charge is 2.35. The number of H-pyrrole nitrogens is 1. The lowest BCUT2D eigenvalue weighted by molar-refractivity contribution is -0.138. The predicted molar refractivity (Wildman–Crippen MR) is 157 cm³/mol. The third kappa shape index (κ3) is 6.37. The van der Waals surface area contributed by atoms with E-state index < -0.39 is 11.7 Å². The van der Waals surface area contributed by atoms with Crippen molar-refractivity contribution < 1.29 is 22.7 Å². The van der Waals surface area contributed by atoms with E-state index in [0.717, 1.165) is 60.2 Å². The molecule has 1 N–H and O–H groups in total. The van der Waals surface area contributed by atoms with Crippen LogP contribution >= 0.6 is 0 Å². The summed E-state index contributed by atoms with van der Waals surface area (Å²) >= 11 is 0. The lowest BCUT2D eigenvalue weighted by Crippen LogP contribution is -2.44. The predicted octanol–water partition coefficient (Wildman–Crippen LogP) is 5.51. The van der Waals surface area contributed by atoms with Gasteiger partial charge in [-0.2, -0.15) is 13.2 Å². The van der Waals surface area contributed by atoms with Crippen LogP contribution in [0.3, 0.4) is 0 Å². The fourth-order valence-corrected chi connectivity index (χ4v) is 6.02. The number of hydrogen-bond donors (Lipinski definition) is 1. The number of nitrogens with one attached hydrogen (secondary N) is 1. The minimum Gasteiger partial charge on any atom is -0.455 e. The number of fused-ring (bicyclic) bond motifs is 2. The van der Waals surface area contributed by atoms with Gasteiger partial charge in [0.15, 0.2) is 0 Å². The number of halogens is 3. The number of alkyl halides is 3. The first-order valence-electron chi connectivity index (χ1n) is 14.5. The van der Waals surface area contributed by atoms with Gasteiger partial charge in [-0.25, -0.2) is 4.98 Å². The molecule has 0 bridgehead atoms. The van der Waals surface area contributed by atoms with Gasteiger partial charge in [-0.15, -0.1) is 0 Å². The number of aryl methyl sites for hydroxylation is 1. The van der Waals surface area contributed by atoms with Gasteiger partial charge in [-0.05, 0) is 54.9 Å². The molecule has 4 aromatic rings. The van der Waals surface area contributed by atoms with E-state index in [1.165, 1.54) is 6.07 Å². The van der Waals surface area contributed by atoms with E-state index >= 15 is 0 Å². The van der Waals surface area contributed by atoms with Crippen LogP contribution in [0.5, 0.6) is 11.5 Å². The van der Waals surface area contributed by atoms with Crippen LogP contribution in [0.15, 0.2) is 48.8 Å². The number of benzene rings is 1. The van der Waals surface area contributed by atoms with Crippen molar-refractivity contribution in [2.45, 2.75) is 45.5 Å². The van der Waals surface area contributed by atoms with E-state index in [2.05, 4.69) is 19.9 Å². The van der Waals surface area contributed by atoms with Crippen molar-refractivity contribution in [3.63, 3.8) is 0 Å². The van der Waals surface area contributed by atoms with Crippen molar-refractivity contribution >= 4 is 16.9 Å². The molecule has 226 valence electrons. The molecule has 0 unspecified atom stereocenters. The van der Waals surface area contributed by atoms with Gasteiger partial charge in [-0.3, -0.25) is 14.7 Å². The molecule has 43 heavy (non-hydrogen) atoms. The summed E-state index contributed by atoms with van der Waals surface area (Å²) in [5.41, 5.74) is 3.39. The number of carbonyl (C=O) groups excluding carboxylic acids is 1. The van der Waals surface area contributed by atoms with E-state index in [1.54, 1.807) is 29.4 Å². The maximum atomic E-state index is 14.1. The Morgan fingerprint density at radius 2 is 1.88 bits per heavy atom. The number of ether oxygens (including phenoxy) is 1. The number of pyridine rings is 2. The average Bonchev–Trinajstić information content (AvgIpc) is 3.35. The number of carbonyl (C=O) groups is 1. The molecule has 1 aromatic carbocycles. The van der Waals surface area contributed by atoms with Crippen LogP contribution < -0.4 is 4.74 Å². The summed E-state index contributed by atoms with van der Waals surface area (Å²) in [6, 6.07) is 9.99. The van der Waals surface area contributed by atoms with Crippen LogP contribution in [0, 0.1) is 6.92 Å². The molecule has 11 heteroatoms. The zero-order valence-corrected chi connectivity index (χ0v) is 24.5. The Balaban J connectivity index is 1.17. The van der Waals surface area contributed by atoms with Crippen molar-refractivity contribution in [2.24, 2.45) is 0 Å². The van der Waals surface area contributed by atoms with E-state index in [0.29, 0.717) is 30.2 Å². The van der Waals surface area contributed by atoms with Crippen molar-refractivity contribution in [1.82, 2.24) is 29.7 Å². The highest BCUT2D eigenvalue weighted by molar-refractivity contribution is 5.83. The molecule has 1 atom stereocenters. The summed E-state index contributed by atoms with van der Waals surface area (Å²) in [6.07, 6.45) is -1.25. The molecule has 8 nitrogen and oxygen atoms in total. The van der Waals surface area contributed by atoms with Crippen molar-refractivity contribution in [3.8, 4) is 11.5 Å². The Morgan fingerprint density at radius 1 is 1.09 bits per heavy atom. The Bertz CT molecular complexity index is 1640. The van der Waals surface area contributed by atoms with Gasteiger partial charge in [-0.1, -0.05) is 19.1 Å². The summed E-state index contributed by atoms with van der Waals surface area (Å²) in [4.78, 5) is 31.5. The van der Waals surface area contributed by atoms with Crippen LogP contribution in [-0.4, -0.2) is 75.3 Å². The number of likely N-dealkylation sites (N-methyl/N-ethyl adjacent to an activating group) is 1. The summed E-state index contributed by atoms with van der Waals surface area (Å²) < 4.78 is 48.4. The largest absolute Gasteiger partial charge is 0.455 e. The van der Waals surface area contributed by atoms with Crippen LogP contribution in [-0.2, 0) is 30.5 Å². The monoisotopic (exact) mass is 592 g/mol. The molecular formula is C32H35F3N6O2. The number of aromatic amines is 1. The van der Waals surface area contributed by atoms with Crippen molar-refractivity contribution in [2.75, 3.05) is 39.8 Å². The quantitative estimate of drug-likeness (QED) is 0.318. The van der Waals surface area contributed by atoms with Gasteiger partial charge in [0.1, 0.15) is 17.1 Å². The Kier molecular flexibility index (Phi) is 7.87. The van der Waals surface area contributed by atoms with Gasteiger partial charge in [0.25, 0.3) is 0 Å². The van der Waals surface area contributed by atoms with Crippen molar-refractivity contribution in [3.05, 3.63) is 82.4 Å². The molecule has 0 radical (unpaired) electrons. The first kappa shape index (κ1) is 29.1. The normalized spacial score (nSPS) is 18.2. The topological polar surface area (TPSA) is 77.6 Å². The second-order valence-electron chi connectivity index (χ2n) is 11.8. The lowest BCUT2D eigenvalue weighted by Gasteiger charge is -2.33. The Labute approximate surface area is 248 Å². The molecule has 3 aromatic heterocycles. The molecule has 1 fully saturated rings. The summed E-state index contributed by atoms with van der Waals surface area (Å²) in [5, 5.41) is 0.857. The van der Waals surface area contributed by atoms with Gasteiger partial charge >= 0.3 is 6.18 Å². The molecule has 0 spiro atoms. The third-order valence-corrected chi connectivity index (χ3v) is 8.33. The highest BCUT2D eigenvalue weighted by Crippen LogP contribution is 2.35. The van der Waals surface area contributed by atoms with Gasteiger partial charge < -0.3 is 19.5 Å². The zero-order valence-electron chi connectivity index (χ0n) is 24.5. The molecule has 5 heterocycles. The third-order valence-electron chi connectivity index (χ3n) is 8.33. The maximum absolute atomic E-state index is 14.1. The molecule has 0 saturated carbocycles. The minimum absolute atomic E-state index is 0.0293. The SMILES string of the molecule is Cc1cc2c(Oc3cnc4c(c3)CN(C(=O)Cc3ccc(CN5CCN(C)CC5)c(C(F)(F)F)c3)C[C@H]4C)ccnc2[nH]1. The fourth-order valence-electron chi connectivity index (χ4n) is 6.02. The number of piperazine rings is 1. The molecule has 1 saturated heterocycles. The summed E-state index contributed by atoms with van der Waals surface area (Å²) in [7, 11) is 2.01. The number of aromatic nitrogens is 3. The number of amides is 1. The number of rotatable bonds is 6.